The zero-order valence-corrected chi connectivity index (χ0v) is 73.3. The van der Waals surface area contributed by atoms with E-state index in [-0.39, 0.29) is 130 Å². The van der Waals surface area contributed by atoms with Gasteiger partial charge >= 0.3 is 5.97 Å². The Bertz CT molecular complexity index is 4010. The maximum atomic E-state index is 12.0. The summed E-state index contributed by atoms with van der Waals surface area (Å²) in [6.07, 6.45) is 3.62. The summed E-state index contributed by atoms with van der Waals surface area (Å²) in [6.45, 7) is 31.7. The molecule has 1 amide bonds. The van der Waals surface area contributed by atoms with Crippen LogP contribution in [0.2, 0.25) is 0 Å². The molecule has 0 fully saturated rings. The number of nitro benzene ring substituents is 1. The standard InChI is InChI=1S/C16H26O3.C15H22O4.C12H19NO2.C11H15BrO2.C10H12O3.C9H11NO2.C8H9NO4.C8H10O4S.H3N/c1-15(2,3)11-16(4,5)13-10-12(19-9-8-17)6-7-14(13)18;1-3-12(4-2)11-19-15(17)13-7-5-6-8-14(13)18-10-9-16;1-3-13(4-2)11-5-7-12(8-6-11)15-10-9-14;1-8-6-10(14-5-3-4-13)7-9(2)11(8)12;1-8(12)9-2-4-10(5-3-9)13-7-6-11;1-2-10-9(12)7-3-5-8(11)6-4-7;10-4-5-13-8-3-1-2-7(6-8)9(11)12;9-5-6-12-7-1-3-8(4-2-7)13(10)11;/h6-7,10,17-18H,8-9,11H2,1-5H3;5-8,12,16H,3-4,9-11H2,1-2H3;5-8,14H,3-4,9-10H2,1-2H3;6-7,13H,3-5H2,1-2H3;2-5,11H,6-7H2,1H3;3-6,11H,2H2,1H3,(H,10,12);1-3,6,10H,4-5H2;1-4,9H,5-6H2,(H,10,11);1H3/p-1. The van der Waals surface area contributed by atoms with Crippen molar-refractivity contribution in [3.8, 4) is 51.7 Å². The molecule has 0 saturated heterocycles. The number of nitro groups is 1. The molecule has 0 aliphatic heterocycles. The molecular formula is C89H126BrN4O24S-. The molecule has 0 radical (unpaired) electrons. The van der Waals surface area contributed by atoms with E-state index >= 15 is 0 Å². The SMILES string of the molecule is CC(=O)c1ccc(OCCO)cc1.CC(C)(C)CC(C)(C)c1cc(OCCO)ccc1O.CCC(CC)COC(=O)c1ccccc1OCCO.CCN(CC)c1ccc(OCCO)cc1.CCNC(=O)c1ccc(O)cc1.Cc1cc(OCCCO)cc(C)c1Br.N.O=S([O-])c1ccc(OCCO)cc1.O=[N+]([O-])c1cccc(OCCO)c1. The fourth-order valence-corrected chi connectivity index (χ4v) is 11.3. The van der Waals surface area contributed by atoms with Gasteiger partial charge in [0.25, 0.3) is 11.6 Å². The first kappa shape index (κ1) is 109. The van der Waals surface area contributed by atoms with Crippen molar-refractivity contribution in [2.75, 3.05) is 124 Å². The fourth-order valence-electron chi connectivity index (χ4n) is 10.7. The number of hydrogen-bond donors (Lipinski definition) is 11. The smallest absolute Gasteiger partial charge is 0.341 e. The van der Waals surface area contributed by atoms with Gasteiger partial charge in [-0.25, -0.2) is 4.79 Å². The number of non-ortho nitro benzene ring substituents is 1. The number of esters is 1. The summed E-state index contributed by atoms with van der Waals surface area (Å²) >= 11 is 1.30. The lowest BCUT2D eigenvalue weighted by molar-refractivity contribution is -0.384. The molecule has 30 heteroatoms. The van der Waals surface area contributed by atoms with Gasteiger partial charge in [-0.3, -0.25) is 23.9 Å². The number of hydrogen-bond acceptors (Lipinski definition) is 26. The van der Waals surface area contributed by atoms with Crippen molar-refractivity contribution in [1.29, 1.82) is 0 Å². The van der Waals surface area contributed by atoms with Crippen LogP contribution in [0, 0.1) is 35.3 Å². The molecule has 8 rings (SSSR count). The van der Waals surface area contributed by atoms with Crippen molar-refractivity contribution in [1.82, 2.24) is 11.5 Å². The van der Waals surface area contributed by atoms with Gasteiger partial charge in [0.15, 0.2) is 5.78 Å². The van der Waals surface area contributed by atoms with Crippen LogP contribution in [0.3, 0.4) is 0 Å². The molecule has 660 valence electrons. The zero-order chi connectivity index (χ0) is 88.4. The van der Waals surface area contributed by atoms with Crippen molar-refractivity contribution in [2.24, 2.45) is 11.3 Å². The van der Waals surface area contributed by atoms with Gasteiger partial charge in [-0.1, -0.05) is 95.4 Å². The lowest BCUT2D eigenvalue weighted by Crippen LogP contribution is -2.25. The molecule has 0 bridgehead atoms. The second kappa shape index (κ2) is 63.1. The van der Waals surface area contributed by atoms with E-state index in [0.717, 1.165) is 53.9 Å². The number of phenolic OH excluding ortho intramolecular Hbond substituents is 2. The summed E-state index contributed by atoms with van der Waals surface area (Å²) in [5.74, 6) is 4.83. The Hall–Kier alpha value is -9.96. The first-order chi connectivity index (χ1) is 56.3. The average molecular weight is 1750 g/mol. The maximum Gasteiger partial charge on any atom is 0.341 e. The number of ketones is 1. The third-order valence-electron chi connectivity index (χ3n) is 16.2. The molecule has 0 aromatic heterocycles. The number of nitrogens with zero attached hydrogens (tertiary/aromatic N) is 2. The number of para-hydroxylation sites is 1. The van der Waals surface area contributed by atoms with Gasteiger partial charge in [0.1, 0.15) is 97.0 Å². The number of anilines is 1. The number of benzene rings is 8. The molecule has 8 aromatic rings. The number of Topliss-reactive ketones (excluding diaryl/α,β-unsaturated/α-hetero) is 1. The fraction of sp³-hybridized carbons (Fsp3) is 0.427. The first-order valence-electron chi connectivity index (χ1n) is 38.8. The van der Waals surface area contributed by atoms with Crippen LogP contribution >= 0.6 is 15.9 Å². The molecular weight excluding hydrogens is 1620 g/mol. The van der Waals surface area contributed by atoms with Gasteiger partial charge < -0.3 is 105 Å². The summed E-state index contributed by atoms with van der Waals surface area (Å²) < 4.78 is 64.0. The second-order valence-electron chi connectivity index (χ2n) is 27.4. The quantitative estimate of drug-likeness (QED) is 0.00430. The van der Waals surface area contributed by atoms with Crippen LogP contribution in [0.15, 0.2) is 185 Å². The molecule has 1 atom stereocenters. The highest BCUT2D eigenvalue weighted by Crippen LogP contribution is 2.41. The Morgan fingerprint density at radius 3 is 1.43 bits per heavy atom. The van der Waals surface area contributed by atoms with E-state index < -0.39 is 16.0 Å². The number of aromatic hydroxyl groups is 2. The Labute approximate surface area is 712 Å². The minimum absolute atomic E-state index is 0. The zero-order valence-electron chi connectivity index (χ0n) is 70.9. The van der Waals surface area contributed by atoms with Crippen molar-refractivity contribution in [3.63, 3.8) is 0 Å². The summed E-state index contributed by atoms with van der Waals surface area (Å²) in [4.78, 5) is 46.4. The van der Waals surface area contributed by atoms with Crippen molar-refractivity contribution < 1.29 is 112 Å². The number of ether oxygens (including phenoxy) is 8. The Morgan fingerprint density at radius 1 is 0.538 bits per heavy atom. The minimum atomic E-state index is -2.20. The number of nitrogens with one attached hydrogen (secondary N) is 1. The average Bonchev–Trinajstić information content (AvgIpc) is 1.53. The van der Waals surface area contributed by atoms with Gasteiger partial charge in [0.05, 0.1) is 63.8 Å². The van der Waals surface area contributed by atoms with Crippen molar-refractivity contribution in [2.45, 2.75) is 126 Å². The highest BCUT2D eigenvalue weighted by atomic mass is 79.9. The van der Waals surface area contributed by atoms with E-state index in [9.17, 15) is 38.4 Å². The van der Waals surface area contributed by atoms with E-state index in [1.165, 1.54) is 66.2 Å². The van der Waals surface area contributed by atoms with Crippen LogP contribution in [0.1, 0.15) is 150 Å². The predicted molar refractivity (Wildman–Crippen MR) is 467 cm³/mol. The molecule has 119 heavy (non-hydrogen) atoms. The molecule has 0 heterocycles. The number of carbonyl (C=O) groups is 3. The lowest BCUT2D eigenvalue weighted by Gasteiger charge is -2.33. The maximum absolute atomic E-state index is 12.0. The predicted octanol–water partition coefficient (Wildman–Crippen LogP) is 14.7. The largest absolute Gasteiger partial charge is 0.768 e. The third kappa shape index (κ3) is 46.8. The summed E-state index contributed by atoms with van der Waals surface area (Å²) in [5.41, 5.74) is 6.09. The number of amides is 1. The van der Waals surface area contributed by atoms with Crippen LogP contribution in [0.5, 0.6) is 51.7 Å². The van der Waals surface area contributed by atoms with E-state index in [2.05, 4.69) is 88.5 Å². The van der Waals surface area contributed by atoms with Crippen LogP contribution in [0.25, 0.3) is 0 Å². The Kier molecular flexibility index (Phi) is 57.8. The highest BCUT2D eigenvalue weighted by molar-refractivity contribution is 9.10. The third-order valence-corrected chi connectivity index (χ3v) is 18.2. The normalized spacial score (nSPS) is 10.6. The Balaban J connectivity index is 0.00000134. The van der Waals surface area contributed by atoms with E-state index in [0.29, 0.717) is 89.9 Å². The second-order valence-corrected chi connectivity index (χ2v) is 29.2. The van der Waals surface area contributed by atoms with Crippen LogP contribution in [-0.4, -0.2) is 196 Å². The molecule has 8 aromatic carbocycles. The monoisotopic (exact) mass is 1750 g/mol. The lowest BCUT2D eigenvalue weighted by atomic mass is 9.72. The highest BCUT2D eigenvalue weighted by Gasteiger charge is 2.30. The van der Waals surface area contributed by atoms with Crippen LogP contribution in [0.4, 0.5) is 11.4 Å². The molecule has 1 unspecified atom stereocenters. The first-order valence-corrected chi connectivity index (χ1v) is 40.7. The molecule has 0 aliphatic rings. The number of carbonyl (C=O) groups excluding carboxylic acids is 3. The summed E-state index contributed by atoms with van der Waals surface area (Å²) in [7, 11) is 0. The Morgan fingerprint density at radius 2 is 0.983 bits per heavy atom. The van der Waals surface area contributed by atoms with Gasteiger partial charge in [-0.15, -0.1) is 0 Å². The van der Waals surface area contributed by atoms with Gasteiger partial charge in [-0.2, -0.15) is 0 Å². The van der Waals surface area contributed by atoms with Gasteiger partial charge in [-0.05, 0) is 233 Å². The molecule has 0 spiro atoms. The molecule has 28 nitrogen and oxygen atoms in total. The molecule has 13 N–H and O–H groups in total. The number of rotatable bonds is 37. The summed E-state index contributed by atoms with van der Waals surface area (Å²) in [5, 5.41) is 92.2. The van der Waals surface area contributed by atoms with E-state index in [1.807, 2.05) is 63.2 Å². The topological polar surface area (TPSA) is 441 Å². The van der Waals surface area contributed by atoms with Gasteiger partial charge in [0, 0.05) is 70.5 Å². The van der Waals surface area contributed by atoms with Crippen LogP contribution < -0.4 is 49.5 Å². The number of aryl methyl sites for hydroxylation is 2. The number of aliphatic hydroxyl groups is 7. The number of aliphatic hydroxyl groups excluding tert-OH is 7. The molecule has 0 aliphatic carbocycles. The number of halogens is 1. The van der Waals surface area contributed by atoms with Crippen molar-refractivity contribution >= 4 is 56.0 Å². The van der Waals surface area contributed by atoms with E-state index in [4.69, 9.17) is 78.7 Å². The molecule has 0 saturated carbocycles. The minimum Gasteiger partial charge on any atom is -0.768 e. The summed E-state index contributed by atoms with van der Waals surface area (Å²) in [6, 6.07) is 48.9. The van der Waals surface area contributed by atoms with Crippen molar-refractivity contribution in [3.05, 3.63) is 224 Å². The van der Waals surface area contributed by atoms with Crippen LogP contribution in [-0.2, 0) is 21.2 Å². The number of phenols is 2. The van der Waals surface area contributed by atoms with E-state index in [1.54, 1.807) is 91.0 Å². The van der Waals surface area contributed by atoms with Gasteiger partial charge in [0.2, 0.25) is 0 Å².